The maximum absolute atomic E-state index is 14.1. The van der Waals surface area contributed by atoms with Crippen molar-refractivity contribution >= 4 is 35.4 Å². The van der Waals surface area contributed by atoms with Gasteiger partial charge < -0.3 is 24.8 Å². The number of anilines is 1. The van der Waals surface area contributed by atoms with Crippen LogP contribution in [0.2, 0.25) is 5.02 Å². The minimum atomic E-state index is -3.08. The third kappa shape index (κ3) is 7.29. The third-order valence-electron chi connectivity index (χ3n) is 8.98. The minimum Gasteiger partial charge on any atom is -0.481 e. The summed E-state index contributed by atoms with van der Waals surface area (Å²) in [6, 6.07) is 4.19. The van der Waals surface area contributed by atoms with Gasteiger partial charge in [0.05, 0.1) is 23.8 Å². The number of hydrogen-bond acceptors (Lipinski definition) is 7. The molecule has 1 aromatic rings. The van der Waals surface area contributed by atoms with Gasteiger partial charge in [-0.3, -0.25) is 14.6 Å². The summed E-state index contributed by atoms with van der Waals surface area (Å²) in [5.74, 6) is -1.57. The van der Waals surface area contributed by atoms with Crippen LogP contribution >= 0.6 is 11.6 Å². The van der Waals surface area contributed by atoms with Crippen molar-refractivity contribution in [2.24, 2.45) is 22.9 Å². The molecule has 1 saturated heterocycles. The molecule has 1 saturated carbocycles. The number of ether oxygens (including phenoxy) is 2. The molecule has 9 nitrogen and oxygen atoms in total. The third-order valence-corrected chi connectivity index (χ3v) is 9.22. The summed E-state index contributed by atoms with van der Waals surface area (Å²) in [6.07, 6.45) is 6.87. The molecule has 2 heterocycles. The van der Waals surface area contributed by atoms with Crippen LogP contribution in [0, 0.1) is 17.8 Å². The lowest BCUT2D eigenvalue weighted by atomic mass is 9.78. The van der Waals surface area contributed by atoms with E-state index in [0.29, 0.717) is 38.9 Å². The van der Waals surface area contributed by atoms with Crippen LogP contribution in [0.25, 0.3) is 0 Å². The molecule has 228 valence electrons. The molecule has 1 amide bonds. The minimum absolute atomic E-state index is 0.00274. The van der Waals surface area contributed by atoms with Crippen LogP contribution in [-0.2, 0) is 14.3 Å². The maximum atomic E-state index is 14.1. The van der Waals surface area contributed by atoms with Crippen LogP contribution in [0.5, 0.6) is 5.75 Å². The molecule has 0 aromatic heterocycles. The molecule has 4 rings (SSSR count). The number of likely N-dealkylation sites (tertiary alicyclic amines) is 1. The zero-order chi connectivity index (χ0) is 29.7. The van der Waals surface area contributed by atoms with E-state index in [1.54, 1.807) is 7.11 Å². The first-order valence-corrected chi connectivity index (χ1v) is 14.8. The average molecular weight is 599 g/mol. The van der Waals surface area contributed by atoms with Gasteiger partial charge in [-0.25, -0.2) is 0 Å². The maximum Gasteiger partial charge on any atom is 0.387 e. The topological polar surface area (TPSA) is 104 Å². The molecular weight excluding hydrogens is 558 g/mol. The summed E-state index contributed by atoms with van der Waals surface area (Å²) < 4.78 is 36.3. The number of hydrogen-bond donors (Lipinski definition) is 2. The second-order valence-corrected chi connectivity index (χ2v) is 12.1. The zero-order valence-electron chi connectivity index (χ0n) is 23.9. The predicted molar refractivity (Wildman–Crippen MR) is 153 cm³/mol. The molecule has 41 heavy (non-hydrogen) atoms. The van der Waals surface area contributed by atoms with Gasteiger partial charge in [-0.1, -0.05) is 25.4 Å². The van der Waals surface area contributed by atoms with Crippen LogP contribution in [0.4, 0.5) is 14.5 Å². The van der Waals surface area contributed by atoms with Crippen LogP contribution in [0.3, 0.4) is 0 Å². The number of carboxylic acids is 1. The van der Waals surface area contributed by atoms with Crippen molar-refractivity contribution in [1.82, 2.24) is 9.91 Å². The number of carboxylic acid groups (broad SMARTS) is 1. The molecule has 3 aliphatic rings. The van der Waals surface area contributed by atoms with Gasteiger partial charge >= 0.3 is 12.6 Å². The van der Waals surface area contributed by atoms with Gasteiger partial charge in [0.25, 0.3) is 5.91 Å². The number of hydrazone groups is 1. The van der Waals surface area contributed by atoms with E-state index >= 15 is 0 Å². The Bertz CT molecular complexity index is 1090. The summed E-state index contributed by atoms with van der Waals surface area (Å²) in [6.45, 7) is 2.50. The van der Waals surface area contributed by atoms with Gasteiger partial charge in [0.15, 0.2) is 5.75 Å². The molecule has 0 radical (unpaired) electrons. The Labute approximate surface area is 245 Å². The number of nitrogens with one attached hydrogen (secondary N) is 1. The number of carbonyl (C=O) groups excluding carboxylic acids is 1. The van der Waals surface area contributed by atoms with Crippen LogP contribution < -0.4 is 10.1 Å². The van der Waals surface area contributed by atoms with E-state index in [1.807, 2.05) is 11.2 Å². The summed E-state index contributed by atoms with van der Waals surface area (Å²) in [5.41, 5.74) is -0.946. The monoisotopic (exact) mass is 598 g/mol. The summed E-state index contributed by atoms with van der Waals surface area (Å²) in [4.78, 5) is 28.5. The first kappa shape index (κ1) is 31.4. The number of rotatable bonds is 11. The second-order valence-electron chi connectivity index (χ2n) is 11.7. The van der Waals surface area contributed by atoms with Gasteiger partial charge in [0.1, 0.15) is 5.54 Å². The van der Waals surface area contributed by atoms with Crippen molar-refractivity contribution in [3.05, 3.63) is 23.2 Å². The second kappa shape index (κ2) is 13.6. The van der Waals surface area contributed by atoms with E-state index in [1.165, 1.54) is 18.2 Å². The van der Waals surface area contributed by atoms with E-state index in [4.69, 9.17) is 16.3 Å². The Morgan fingerprint density at radius 3 is 2.46 bits per heavy atom. The highest BCUT2D eigenvalue weighted by Gasteiger charge is 2.51. The molecule has 2 atom stereocenters. The largest absolute Gasteiger partial charge is 0.481 e. The van der Waals surface area contributed by atoms with Crippen molar-refractivity contribution in [1.29, 1.82) is 0 Å². The Balaban J connectivity index is 1.53. The molecule has 2 aliphatic heterocycles. The van der Waals surface area contributed by atoms with Crippen molar-refractivity contribution < 1.29 is 33.0 Å². The highest BCUT2D eigenvalue weighted by atomic mass is 35.5. The highest BCUT2D eigenvalue weighted by Crippen LogP contribution is 2.39. The number of benzene rings is 1. The fourth-order valence-electron chi connectivity index (χ4n) is 6.54. The lowest BCUT2D eigenvalue weighted by molar-refractivity contribution is -0.146. The number of carbonyl (C=O) groups is 2. The highest BCUT2D eigenvalue weighted by molar-refractivity contribution is 6.30. The molecule has 2 fully saturated rings. The average Bonchev–Trinajstić information content (AvgIpc) is 3.44. The van der Waals surface area contributed by atoms with Crippen molar-refractivity contribution in [2.45, 2.75) is 83.1 Å². The number of alkyl halides is 2. The fourth-order valence-corrected chi connectivity index (χ4v) is 6.70. The Hall–Kier alpha value is -2.50. The smallest absolute Gasteiger partial charge is 0.387 e. The quantitative estimate of drug-likeness (QED) is 0.354. The summed E-state index contributed by atoms with van der Waals surface area (Å²) in [5, 5.41) is 19.6. The molecule has 0 bridgehead atoms. The molecular formula is C29H41ClF2N4O5. The van der Waals surface area contributed by atoms with E-state index in [0.717, 1.165) is 25.7 Å². The molecule has 1 aliphatic carbocycles. The molecule has 2 N–H and O–H groups in total. The van der Waals surface area contributed by atoms with Crippen molar-refractivity contribution in [3.8, 4) is 5.75 Å². The van der Waals surface area contributed by atoms with E-state index < -0.39 is 24.0 Å². The number of piperidine rings is 1. The normalized spacial score (nSPS) is 25.5. The van der Waals surface area contributed by atoms with Gasteiger partial charge in [0.2, 0.25) is 0 Å². The number of methoxy groups -OCH3 is 1. The van der Waals surface area contributed by atoms with Crippen LogP contribution in [0.1, 0.15) is 58.8 Å². The number of aliphatic carboxylic acids is 1. The summed E-state index contributed by atoms with van der Waals surface area (Å²) >= 11 is 6.00. The number of nitrogens with zero attached hydrogens (tertiary/aromatic N) is 3. The Morgan fingerprint density at radius 2 is 1.88 bits per heavy atom. The first-order valence-electron chi connectivity index (χ1n) is 14.4. The SMILES string of the molecule is COC1CCC(C(CN2CCC(C(=O)Nc3ccc(Cl)cc3OC(F)F)(N3N=CCC3C(C)C)CC2)C(=O)O)CC1. The van der Waals surface area contributed by atoms with E-state index in [9.17, 15) is 23.5 Å². The molecule has 12 heteroatoms. The van der Waals surface area contributed by atoms with E-state index in [2.05, 4.69) is 33.9 Å². The van der Waals surface area contributed by atoms with Crippen LogP contribution in [-0.4, -0.2) is 84.1 Å². The van der Waals surface area contributed by atoms with Crippen molar-refractivity contribution in [3.63, 3.8) is 0 Å². The number of amides is 1. The Kier molecular flexibility index (Phi) is 10.5. The van der Waals surface area contributed by atoms with Crippen molar-refractivity contribution in [2.75, 3.05) is 32.1 Å². The van der Waals surface area contributed by atoms with Gasteiger partial charge in [0, 0.05) is 50.5 Å². The number of halogens is 3. The van der Waals surface area contributed by atoms with Crippen LogP contribution in [0.15, 0.2) is 23.3 Å². The molecule has 2 unspecified atom stereocenters. The first-order chi connectivity index (χ1) is 19.5. The van der Waals surface area contributed by atoms with Gasteiger partial charge in [-0.05, 0) is 62.5 Å². The predicted octanol–water partition coefficient (Wildman–Crippen LogP) is 5.34. The lowest BCUT2D eigenvalue weighted by Gasteiger charge is -2.48. The lowest BCUT2D eigenvalue weighted by Crippen LogP contribution is -2.62. The summed E-state index contributed by atoms with van der Waals surface area (Å²) in [7, 11) is 1.70. The van der Waals surface area contributed by atoms with Gasteiger partial charge in [-0.15, -0.1) is 0 Å². The van der Waals surface area contributed by atoms with Gasteiger partial charge in [-0.2, -0.15) is 13.9 Å². The fraction of sp³-hybridized carbons (Fsp3) is 0.690. The standard InChI is InChI=1S/C29H41ClF2N4O5/c1-18(2)24-10-13-33-36(24)29(27(39)34-23-9-6-20(30)16-25(23)41-28(31)32)11-14-35(15-12-29)17-22(26(37)38)19-4-7-21(40-3)8-5-19/h6,9,13,16,18-19,21-22,24,28H,4-5,7-8,10-12,14-15,17H2,1-3H3,(H,34,39)(H,37,38). The molecule has 0 spiro atoms. The van der Waals surface area contributed by atoms with E-state index in [-0.39, 0.29) is 46.3 Å². The zero-order valence-corrected chi connectivity index (χ0v) is 24.7. The Morgan fingerprint density at radius 1 is 1.20 bits per heavy atom. The molecule has 1 aromatic carbocycles.